The lowest BCUT2D eigenvalue weighted by molar-refractivity contribution is -0.130. The molecule has 1 aromatic carbocycles. The van der Waals surface area contributed by atoms with Crippen molar-refractivity contribution in [1.82, 2.24) is 4.31 Å². The van der Waals surface area contributed by atoms with Crippen LogP contribution in [0.25, 0.3) is 0 Å². The molecule has 4 nitrogen and oxygen atoms in total. The highest BCUT2D eigenvalue weighted by Crippen LogP contribution is 2.72. The number of fused-ring (bicyclic) bond motifs is 1. The van der Waals surface area contributed by atoms with E-state index in [2.05, 4.69) is 13.8 Å². The highest BCUT2D eigenvalue weighted by Gasteiger charge is 2.75. The average Bonchev–Trinajstić information content (AvgIpc) is 3.04. The molecule has 2 aliphatic carbocycles. The van der Waals surface area contributed by atoms with Gasteiger partial charge in [0, 0.05) is 10.4 Å². The fourth-order valence-electron chi connectivity index (χ4n) is 6.24. The van der Waals surface area contributed by atoms with Crippen LogP contribution in [0.2, 0.25) is 5.02 Å². The van der Waals surface area contributed by atoms with Crippen LogP contribution in [0.4, 0.5) is 0 Å². The van der Waals surface area contributed by atoms with E-state index in [0.717, 1.165) is 24.8 Å². The van der Waals surface area contributed by atoms with Gasteiger partial charge >= 0.3 is 0 Å². The van der Waals surface area contributed by atoms with Gasteiger partial charge in [-0.15, -0.1) is 0 Å². The Morgan fingerprint density at radius 3 is 2.46 bits per heavy atom. The van der Waals surface area contributed by atoms with Gasteiger partial charge in [-0.05, 0) is 62.1 Å². The van der Waals surface area contributed by atoms with E-state index in [1.54, 1.807) is 31.2 Å². The van der Waals surface area contributed by atoms with Crippen molar-refractivity contribution in [3.05, 3.63) is 34.9 Å². The fourth-order valence-corrected chi connectivity index (χ4v) is 8.86. The molecule has 4 rings (SSSR count). The summed E-state index contributed by atoms with van der Waals surface area (Å²) in [5, 5.41) is 0.0912. The minimum Gasteiger partial charge on any atom is -0.273 e. The largest absolute Gasteiger partial charge is 0.273 e. The molecule has 3 fully saturated rings. The molecule has 0 unspecified atom stereocenters. The van der Waals surface area contributed by atoms with Gasteiger partial charge < -0.3 is 0 Å². The van der Waals surface area contributed by atoms with Crippen LogP contribution in [0.3, 0.4) is 0 Å². The van der Waals surface area contributed by atoms with E-state index in [4.69, 9.17) is 11.6 Å². The summed E-state index contributed by atoms with van der Waals surface area (Å²) in [7, 11) is -3.64. The van der Waals surface area contributed by atoms with Crippen molar-refractivity contribution in [1.29, 1.82) is 0 Å². The van der Waals surface area contributed by atoms with Crippen LogP contribution in [0.5, 0.6) is 0 Å². The average molecular weight is 396 g/mol. The zero-order chi connectivity index (χ0) is 19.1. The SMILES string of the molecule is C[C@H](C(=O)N1[C@H]2C[C@@H]3CC[C@@]2([C@H](C)S1(=O)=O)C3(C)C)c1ccc(Cl)cc1. The summed E-state index contributed by atoms with van der Waals surface area (Å²) >= 11 is 5.94. The lowest BCUT2D eigenvalue weighted by atomic mass is 9.65. The second-order valence-electron chi connectivity index (χ2n) is 8.84. The summed E-state index contributed by atoms with van der Waals surface area (Å²) in [6, 6.07) is 6.89. The molecule has 1 heterocycles. The highest BCUT2D eigenvalue weighted by molar-refractivity contribution is 7.90. The maximum atomic E-state index is 13.3. The van der Waals surface area contributed by atoms with Crippen LogP contribution < -0.4 is 0 Å². The van der Waals surface area contributed by atoms with Crippen molar-refractivity contribution in [3.63, 3.8) is 0 Å². The van der Waals surface area contributed by atoms with Crippen LogP contribution in [-0.4, -0.2) is 29.9 Å². The van der Waals surface area contributed by atoms with Gasteiger partial charge in [0.05, 0.1) is 17.2 Å². The van der Waals surface area contributed by atoms with Crippen LogP contribution in [-0.2, 0) is 14.8 Å². The molecule has 0 radical (unpaired) electrons. The standard InChI is InChI=1S/C20H26ClNO3S/c1-12(14-5-7-16(21)8-6-14)18(23)22-17-11-15-9-10-20(17,19(15,3)4)13(2)26(22,24)25/h5-8,12-13,15,17H,9-11H2,1-4H3/t12-,13-,15-,17-,20-/m0/s1. The van der Waals surface area contributed by atoms with Gasteiger partial charge in [-0.25, -0.2) is 12.7 Å². The molecule has 142 valence electrons. The summed E-state index contributed by atoms with van der Waals surface area (Å²) in [6.45, 7) is 8.01. The van der Waals surface area contributed by atoms with Crippen molar-refractivity contribution >= 4 is 27.5 Å². The smallest absolute Gasteiger partial charge is 0.243 e. The monoisotopic (exact) mass is 395 g/mol. The Balaban J connectivity index is 1.75. The number of carbonyl (C=O) groups excluding carboxylic acids is 1. The molecule has 5 atom stereocenters. The summed E-state index contributed by atoms with van der Waals surface area (Å²) in [6.07, 6.45) is 2.77. The van der Waals surface area contributed by atoms with Gasteiger partial charge in [-0.1, -0.05) is 37.6 Å². The molecule has 2 bridgehead atoms. The first kappa shape index (κ1) is 18.3. The molecule has 3 aliphatic rings. The van der Waals surface area contributed by atoms with Crippen molar-refractivity contribution in [2.24, 2.45) is 16.7 Å². The molecule has 26 heavy (non-hydrogen) atoms. The lowest BCUT2D eigenvalue weighted by Gasteiger charge is -2.40. The van der Waals surface area contributed by atoms with Crippen molar-refractivity contribution in [2.45, 2.75) is 64.2 Å². The van der Waals surface area contributed by atoms with E-state index in [9.17, 15) is 13.2 Å². The number of hydrogen-bond acceptors (Lipinski definition) is 3. The molecule has 1 aliphatic heterocycles. The second kappa shape index (κ2) is 5.48. The predicted molar refractivity (Wildman–Crippen MR) is 102 cm³/mol. The summed E-state index contributed by atoms with van der Waals surface area (Å²) in [4.78, 5) is 13.3. The summed E-state index contributed by atoms with van der Waals surface area (Å²) in [5.74, 6) is -0.317. The number of amides is 1. The molecule has 1 saturated heterocycles. The van der Waals surface area contributed by atoms with E-state index >= 15 is 0 Å². The molecule has 1 aromatic rings. The molecule has 2 saturated carbocycles. The number of benzene rings is 1. The Kier molecular flexibility index (Phi) is 3.86. The first-order valence-corrected chi connectivity index (χ1v) is 11.3. The molecule has 6 heteroatoms. The van der Waals surface area contributed by atoms with Crippen molar-refractivity contribution in [2.75, 3.05) is 0 Å². The van der Waals surface area contributed by atoms with E-state index in [0.29, 0.717) is 10.9 Å². The van der Waals surface area contributed by atoms with Gasteiger partial charge in [0.15, 0.2) is 0 Å². The van der Waals surface area contributed by atoms with E-state index in [1.807, 2.05) is 6.92 Å². The Labute approximate surface area is 161 Å². The maximum Gasteiger partial charge on any atom is 0.243 e. The van der Waals surface area contributed by atoms with Gasteiger partial charge in [-0.2, -0.15) is 0 Å². The minimum atomic E-state index is -3.64. The summed E-state index contributed by atoms with van der Waals surface area (Å²) in [5.41, 5.74) is 0.430. The zero-order valence-corrected chi connectivity index (χ0v) is 17.3. The predicted octanol–water partition coefficient (Wildman–Crippen LogP) is 4.20. The molecule has 0 N–H and O–H groups in total. The van der Waals surface area contributed by atoms with Gasteiger partial charge in [0.25, 0.3) is 0 Å². The van der Waals surface area contributed by atoms with Crippen LogP contribution in [0.15, 0.2) is 24.3 Å². The van der Waals surface area contributed by atoms with Gasteiger partial charge in [0.1, 0.15) is 0 Å². The van der Waals surface area contributed by atoms with E-state index in [1.165, 1.54) is 4.31 Å². The molecule has 0 aromatic heterocycles. The van der Waals surface area contributed by atoms with Crippen LogP contribution in [0, 0.1) is 16.7 Å². The fraction of sp³-hybridized carbons (Fsp3) is 0.650. The third-order valence-corrected chi connectivity index (χ3v) is 10.5. The number of nitrogens with zero attached hydrogens (tertiary/aromatic N) is 1. The second-order valence-corrected chi connectivity index (χ2v) is 11.4. The first-order valence-electron chi connectivity index (χ1n) is 9.37. The number of hydrogen-bond donors (Lipinski definition) is 0. The van der Waals surface area contributed by atoms with Gasteiger partial charge in [0.2, 0.25) is 15.9 Å². The molecule has 1 amide bonds. The Morgan fingerprint density at radius 2 is 1.88 bits per heavy atom. The third kappa shape index (κ3) is 2.02. The number of rotatable bonds is 2. The van der Waals surface area contributed by atoms with Crippen molar-refractivity contribution in [3.8, 4) is 0 Å². The Morgan fingerprint density at radius 1 is 1.27 bits per heavy atom. The Hall–Kier alpha value is -1.07. The molecule has 1 spiro atoms. The van der Waals surface area contributed by atoms with E-state index < -0.39 is 21.2 Å². The van der Waals surface area contributed by atoms with E-state index in [-0.39, 0.29) is 22.8 Å². The van der Waals surface area contributed by atoms with Crippen LogP contribution in [0.1, 0.15) is 58.4 Å². The quantitative estimate of drug-likeness (QED) is 0.754. The summed E-state index contributed by atoms with van der Waals surface area (Å²) < 4.78 is 27.9. The highest BCUT2D eigenvalue weighted by atomic mass is 35.5. The number of sulfonamides is 1. The first-order chi connectivity index (χ1) is 12.0. The topological polar surface area (TPSA) is 54.5 Å². The van der Waals surface area contributed by atoms with Gasteiger partial charge in [-0.3, -0.25) is 4.79 Å². The normalized spacial score (nSPS) is 37.6. The number of carbonyl (C=O) groups is 1. The van der Waals surface area contributed by atoms with Crippen LogP contribution >= 0.6 is 11.6 Å². The van der Waals surface area contributed by atoms with Crippen molar-refractivity contribution < 1.29 is 13.2 Å². The Bertz CT molecular complexity index is 864. The third-order valence-electron chi connectivity index (χ3n) is 7.92. The zero-order valence-electron chi connectivity index (χ0n) is 15.7. The minimum absolute atomic E-state index is 0.0529. The maximum absolute atomic E-state index is 13.3. The molecular formula is C20H26ClNO3S. The molecular weight excluding hydrogens is 370 g/mol. The lowest BCUT2D eigenvalue weighted by Crippen LogP contribution is -2.46. The number of halogens is 1.